The minimum atomic E-state index is 0.576. The van der Waals surface area contributed by atoms with Gasteiger partial charge in [0.15, 0.2) is 0 Å². The maximum atomic E-state index is 5.96. The van der Waals surface area contributed by atoms with Gasteiger partial charge in [0.25, 0.3) is 0 Å². The van der Waals surface area contributed by atoms with E-state index < -0.39 is 0 Å². The largest absolute Gasteiger partial charge is 0.259 e. The van der Waals surface area contributed by atoms with Crippen LogP contribution in [0.3, 0.4) is 0 Å². The lowest BCUT2D eigenvalue weighted by Gasteiger charge is -2.02. The van der Waals surface area contributed by atoms with E-state index in [1.807, 2.05) is 24.3 Å². The molecule has 15 heavy (non-hydrogen) atoms. The number of rotatable bonds is 2. The summed E-state index contributed by atoms with van der Waals surface area (Å²) in [5, 5.41) is 1.31. The first-order valence-electron chi connectivity index (χ1n) is 4.51. The molecule has 0 saturated heterocycles. The summed E-state index contributed by atoms with van der Waals surface area (Å²) in [6, 6.07) is 12.3. The number of hydrogen-bond acceptors (Lipinski definition) is 1. The number of halogens is 2. The van der Waals surface area contributed by atoms with Gasteiger partial charge < -0.3 is 0 Å². The van der Waals surface area contributed by atoms with Gasteiger partial charge in [-0.05, 0) is 23.8 Å². The average molecular weight is 237 g/mol. The molecule has 0 aliphatic rings. The van der Waals surface area contributed by atoms with Gasteiger partial charge in [0.05, 0.1) is 10.7 Å². The second kappa shape index (κ2) is 4.65. The van der Waals surface area contributed by atoms with Crippen LogP contribution in [0.4, 0.5) is 0 Å². The SMILES string of the molecule is Clc1ccc(Cc2ncc[c]c2Cl)cc1. The van der Waals surface area contributed by atoms with E-state index in [-0.39, 0.29) is 0 Å². The molecule has 0 amide bonds. The second-order valence-corrected chi connectivity index (χ2v) is 3.97. The molecule has 1 aromatic heterocycles. The molecule has 1 radical (unpaired) electrons. The predicted molar refractivity (Wildman–Crippen MR) is 62.3 cm³/mol. The summed E-state index contributed by atoms with van der Waals surface area (Å²) in [4.78, 5) is 4.20. The van der Waals surface area contributed by atoms with E-state index in [4.69, 9.17) is 23.2 Å². The normalized spacial score (nSPS) is 10.3. The number of pyridine rings is 1. The van der Waals surface area contributed by atoms with Crippen molar-refractivity contribution in [2.75, 3.05) is 0 Å². The molecule has 1 aromatic carbocycles. The Kier molecular flexibility index (Phi) is 3.24. The topological polar surface area (TPSA) is 12.9 Å². The molecule has 2 aromatic rings. The van der Waals surface area contributed by atoms with Gasteiger partial charge in [0, 0.05) is 23.7 Å². The van der Waals surface area contributed by atoms with Crippen molar-refractivity contribution in [3.05, 3.63) is 63.9 Å². The smallest absolute Gasteiger partial charge is 0.0703 e. The summed E-state index contributed by atoms with van der Waals surface area (Å²) >= 11 is 11.8. The standard InChI is InChI=1S/C12H8Cl2N/c13-10-5-3-9(4-6-10)8-12-11(14)2-1-7-15-12/h1,3-7H,8H2. The zero-order chi connectivity index (χ0) is 10.7. The van der Waals surface area contributed by atoms with E-state index >= 15 is 0 Å². The highest BCUT2D eigenvalue weighted by Gasteiger charge is 2.02. The van der Waals surface area contributed by atoms with E-state index in [9.17, 15) is 0 Å². The first-order chi connectivity index (χ1) is 7.25. The number of aromatic nitrogens is 1. The van der Waals surface area contributed by atoms with Crippen LogP contribution in [0, 0.1) is 6.07 Å². The quantitative estimate of drug-likeness (QED) is 0.774. The molecule has 3 heteroatoms. The van der Waals surface area contributed by atoms with E-state index in [2.05, 4.69) is 11.1 Å². The third kappa shape index (κ3) is 2.71. The molecule has 0 saturated carbocycles. The fraction of sp³-hybridized carbons (Fsp3) is 0.0833. The van der Waals surface area contributed by atoms with Crippen molar-refractivity contribution in [3.63, 3.8) is 0 Å². The van der Waals surface area contributed by atoms with Crippen molar-refractivity contribution in [1.82, 2.24) is 4.98 Å². The molecule has 0 aliphatic carbocycles. The van der Waals surface area contributed by atoms with Gasteiger partial charge in [-0.2, -0.15) is 0 Å². The summed E-state index contributed by atoms with van der Waals surface area (Å²) in [5.74, 6) is 0. The zero-order valence-electron chi connectivity index (χ0n) is 7.87. The van der Waals surface area contributed by atoms with Crippen LogP contribution in [0.5, 0.6) is 0 Å². The van der Waals surface area contributed by atoms with Crippen molar-refractivity contribution < 1.29 is 0 Å². The molecule has 2 rings (SSSR count). The van der Waals surface area contributed by atoms with Crippen LogP contribution in [-0.4, -0.2) is 4.98 Å². The molecule has 0 N–H and O–H groups in total. The number of hydrogen-bond donors (Lipinski definition) is 0. The molecule has 1 heterocycles. The highest BCUT2D eigenvalue weighted by Crippen LogP contribution is 2.17. The van der Waals surface area contributed by atoms with Crippen molar-refractivity contribution >= 4 is 23.2 Å². The Labute approximate surface area is 98.7 Å². The van der Waals surface area contributed by atoms with Gasteiger partial charge in [-0.1, -0.05) is 35.3 Å². The Morgan fingerprint density at radius 3 is 2.53 bits per heavy atom. The Bertz CT molecular complexity index is 451. The minimum Gasteiger partial charge on any atom is -0.259 e. The van der Waals surface area contributed by atoms with E-state index in [0.29, 0.717) is 11.4 Å². The van der Waals surface area contributed by atoms with Crippen LogP contribution in [0.2, 0.25) is 10.0 Å². The number of benzene rings is 1. The summed E-state index contributed by atoms with van der Waals surface area (Å²) in [5.41, 5.74) is 1.97. The fourth-order valence-electron chi connectivity index (χ4n) is 1.30. The van der Waals surface area contributed by atoms with E-state index in [1.165, 1.54) is 0 Å². The summed E-state index contributed by atoms with van der Waals surface area (Å²) in [6.45, 7) is 0. The van der Waals surface area contributed by atoms with Gasteiger partial charge in [0.1, 0.15) is 0 Å². The Balaban J connectivity index is 2.22. The minimum absolute atomic E-state index is 0.576. The van der Waals surface area contributed by atoms with Crippen LogP contribution in [0.1, 0.15) is 11.3 Å². The molecule has 0 aliphatic heterocycles. The molecular formula is C12H8Cl2N. The second-order valence-electron chi connectivity index (χ2n) is 3.15. The van der Waals surface area contributed by atoms with Gasteiger partial charge in [-0.15, -0.1) is 0 Å². The Hall–Kier alpha value is -1.05. The summed E-state index contributed by atoms with van der Waals surface area (Å²) < 4.78 is 0. The molecule has 75 valence electrons. The first-order valence-corrected chi connectivity index (χ1v) is 5.27. The van der Waals surface area contributed by atoms with Gasteiger partial charge >= 0.3 is 0 Å². The van der Waals surface area contributed by atoms with Crippen molar-refractivity contribution in [2.45, 2.75) is 6.42 Å². The molecule has 0 fully saturated rings. The molecule has 0 atom stereocenters. The van der Waals surface area contributed by atoms with Crippen LogP contribution in [0.25, 0.3) is 0 Å². The molecule has 0 bridgehead atoms. The fourth-order valence-corrected chi connectivity index (χ4v) is 1.60. The average Bonchev–Trinajstić information content (AvgIpc) is 2.25. The van der Waals surface area contributed by atoms with E-state index in [0.717, 1.165) is 16.3 Å². The molecule has 0 unspecified atom stereocenters. The first kappa shape index (κ1) is 10.5. The molecule has 1 nitrogen and oxygen atoms in total. The van der Waals surface area contributed by atoms with Crippen LogP contribution in [0.15, 0.2) is 36.5 Å². The lowest BCUT2D eigenvalue weighted by molar-refractivity contribution is 1.07. The third-order valence-corrected chi connectivity index (χ3v) is 2.63. The summed E-state index contributed by atoms with van der Waals surface area (Å²) in [6.07, 6.45) is 2.39. The highest BCUT2D eigenvalue weighted by atomic mass is 35.5. The third-order valence-electron chi connectivity index (χ3n) is 2.05. The van der Waals surface area contributed by atoms with Crippen LogP contribution in [-0.2, 0) is 6.42 Å². The van der Waals surface area contributed by atoms with Crippen molar-refractivity contribution in [2.24, 2.45) is 0 Å². The Morgan fingerprint density at radius 2 is 1.87 bits per heavy atom. The van der Waals surface area contributed by atoms with Crippen molar-refractivity contribution in [1.29, 1.82) is 0 Å². The van der Waals surface area contributed by atoms with E-state index in [1.54, 1.807) is 12.3 Å². The molecule has 0 spiro atoms. The lowest BCUT2D eigenvalue weighted by Crippen LogP contribution is -1.92. The maximum absolute atomic E-state index is 5.96. The van der Waals surface area contributed by atoms with Gasteiger partial charge in [-0.3, -0.25) is 4.98 Å². The maximum Gasteiger partial charge on any atom is 0.0703 e. The monoisotopic (exact) mass is 236 g/mol. The zero-order valence-corrected chi connectivity index (χ0v) is 9.39. The predicted octanol–water partition coefficient (Wildman–Crippen LogP) is 3.78. The lowest BCUT2D eigenvalue weighted by atomic mass is 10.1. The number of nitrogens with zero attached hydrogens (tertiary/aromatic N) is 1. The Morgan fingerprint density at radius 1 is 1.13 bits per heavy atom. The van der Waals surface area contributed by atoms with Crippen LogP contribution >= 0.6 is 23.2 Å². The molecular weight excluding hydrogens is 229 g/mol. The van der Waals surface area contributed by atoms with Crippen LogP contribution < -0.4 is 0 Å². The van der Waals surface area contributed by atoms with Crippen molar-refractivity contribution in [3.8, 4) is 0 Å². The van der Waals surface area contributed by atoms with Gasteiger partial charge in [0.2, 0.25) is 0 Å². The highest BCUT2D eigenvalue weighted by molar-refractivity contribution is 6.31. The summed E-state index contributed by atoms with van der Waals surface area (Å²) in [7, 11) is 0. The van der Waals surface area contributed by atoms with Gasteiger partial charge in [-0.25, -0.2) is 0 Å².